The molecule has 0 bridgehead atoms. The number of carbonyl (C=O) groups is 2. The number of rotatable bonds is 5. The molecule has 1 N–H and O–H groups in total. The molecule has 2 aromatic carbocycles. The largest absolute Gasteiger partial charge is 0.459 e. The maximum atomic E-state index is 14.3. The van der Waals surface area contributed by atoms with Crippen LogP contribution in [0.15, 0.2) is 48.7 Å². The predicted octanol–water partition coefficient (Wildman–Crippen LogP) is 4.48. The molecule has 0 spiro atoms. The number of hydrogen-bond acceptors (Lipinski definition) is 4. The summed E-state index contributed by atoms with van der Waals surface area (Å²) in [6.07, 6.45) is 1.61. The highest BCUT2D eigenvalue weighted by molar-refractivity contribution is 6.08. The fourth-order valence-corrected chi connectivity index (χ4v) is 2.92. The van der Waals surface area contributed by atoms with E-state index >= 15 is 0 Å². The second-order valence-electron chi connectivity index (χ2n) is 7.73. The van der Waals surface area contributed by atoms with E-state index in [9.17, 15) is 22.8 Å². The highest BCUT2D eigenvalue weighted by Crippen LogP contribution is 2.26. The van der Waals surface area contributed by atoms with E-state index in [1.807, 2.05) is 0 Å². The summed E-state index contributed by atoms with van der Waals surface area (Å²) < 4.78 is 47.2. The number of nitrogens with zero attached hydrogens (tertiary/aromatic N) is 2. The number of hydrogen-bond donors (Lipinski definition) is 1. The van der Waals surface area contributed by atoms with Crippen molar-refractivity contribution in [2.45, 2.75) is 26.4 Å². The van der Waals surface area contributed by atoms with Crippen molar-refractivity contribution in [2.24, 2.45) is 0 Å². The van der Waals surface area contributed by atoms with E-state index in [0.717, 1.165) is 4.90 Å². The van der Waals surface area contributed by atoms with E-state index in [1.54, 1.807) is 45.2 Å². The third-order valence-electron chi connectivity index (χ3n) is 4.13. The molecule has 3 aromatic rings. The van der Waals surface area contributed by atoms with Gasteiger partial charge in [-0.15, -0.1) is 0 Å². The molecule has 162 valence electrons. The number of halogens is 3. The number of nitrogens with one attached hydrogen (secondary N) is 1. The van der Waals surface area contributed by atoms with Crippen LogP contribution in [0.2, 0.25) is 0 Å². The number of benzene rings is 2. The van der Waals surface area contributed by atoms with E-state index < -0.39 is 47.0 Å². The lowest BCUT2D eigenvalue weighted by atomic mass is 10.1. The van der Waals surface area contributed by atoms with Crippen LogP contribution in [0.5, 0.6) is 0 Å². The highest BCUT2D eigenvalue weighted by atomic mass is 19.1. The molecule has 0 saturated carbocycles. The fourth-order valence-electron chi connectivity index (χ4n) is 2.92. The summed E-state index contributed by atoms with van der Waals surface area (Å²) in [5.74, 6) is -5.85. The number of carbonyl (C=O) groups excluding carboxylic acids is 2. The molecule has 0 atom stereocenters. The average Bonchev–Trinajstić information content (AvgIpc) is 3.18. The number of aromatic nitrogens is 2. The van der Waals surface area contributed by atoms with Gasteiger partial charge in [0, 0.05) is 29.6 Å². The number of H-pyrrole nitrogens is 1. The maximum Gasteiger partial charge on any atom is 0.326 e. The van der Waals surface area contributed by atoms with Crippen molar-refractivity contribution < 1.29 is 27.5 Å². The van der Waals surface area contributed by atoms with Gasteiger partial charge in [-0.05, 0) is 39.0 Å². The van der Waals surface area contributed by atoms with Crippen molar-refractivity contribution in [1.82, 2.24) is 10.2 Å². The summed E-state index contributed by atoms with van der Waals surface area (Å²) in [6.45, 7) is 4.33. The summed E-state index contributed by atoms with van der Waals surface area (Å²) >= 11 is 0. The molecule has 9 heteroatoms. The summed E-state index contributed by atoms with van der Waals surface area (Å²) in [5.41, 5.74) is -0.476. The molecule has 3 rings (SSSR count). The van der Waals surface area contributed by atoms with Crippen LogP contribution in [0.25, 0.3) is 11.3 Å². The van der Waals surface area contributed by atoms with Crippen LogP contribution in [0.1, 0.15) is 31.1 Å². The molecule has 31 heavy (non-hydrogen) atoms. The molecule has 1 aromatic heterocycles. The first-order chi connectivity index (χ1) is 14.5. The zero-order valence-electron chi connectivity index (χ0n) is 17.1. The Labute approximate surface area is 176 Å². The van der Waals surface area contributed by atoms with Crippen molar-refractivity contribution in [3.05, 3.63) is 71.7 Å². The smallest absolute Gasteiger partial charge is 0.326 e. The zero-order valence-corrected chi connectivity index (χ0v) is 17.1. The predicted molar refractivity (Wildman–Crippen MR) is 108 cm³/mol. The van der Waals surface area contributed by atoms with E-state index in [1.165, 1.54) is 12.1 Å². The summed E-state index contributed by atoms with van der Waals surface area (Å²) in [7, 11) is 0. The normalized spacial score (nSPS) is 11.3. The Morgan fingerprint density at radius 1 is 1.06 bits per heavy atom. The van der Waals surface area contributed by atoms with Crippen LogP contribution in [0.3, 0.4) is 0 Å². The van der Waals surface area contributed by atoms with Crippen LogP contribution >= 0.6 is 0 Å². The zero-order chi connectivity index (χ0) is 22.8. The second kappa shape index (κ2) is 8.63. The van der Waals surface area contributed by atoms with Gasteiger partial charge in [-0.2, -0.15) is 5.10 Å². The van der Waals surface area contributed by atoms with Gasteiger partial charge in [-0.25, -0.2) is 13.2 Å². The Hall–Kier alpha value is -3.62. The van der Waals surface area contributed by atoms with Crippen molar-refractivity contribution in [2.75, 3.05) is 11.4 Å². The first-order valence-corrected chi connectivity index (χ1v) is 9.33. The molecule has 0 aliphatic carbocycles. The van der Waals surface area contributed by atoms with Crippen LogP contribution < -0.4 is 4.90 Å². The Bertz CT molecular complexity index is 1090. The maximum absolute atomic E-state index is 14.3. The lowest BCUT2D eigenvalue weighted by Gasteiger charge is -2.26. The minimum absolute atomic E-state index is 0.180. The Morgan fingerprint density at radius 2 is 1.74 bits per heavy atom. The third-order valence-corrected chi connectivity index (χ3v) is 4.13. The molecule has 0 aliphatic heterocycles. The molecule has 0 fully saturated rings. The Kier molecular flexibility index (Phi) is 6.14. The molecule has 1 heterocycles. The first-order valence-electron chi connectivity index (χ1n) is 9.33. The van der Waals surface area contributed by atoms with Crippen molar-refractivity contribution in [1.29, 1.82) is 0 Å². The molecule has 0 saturated heterocycles. The lowest BCUT2D eigenvalue weighted by Crippen LogP contribution is -2.39. The van der Waals surface area contributed by atoms with Crippen molar-refractivity contribution in [3.63, 3.8) is 0 Å². The minimum Gasteiger partial charge on any atom is -0.459 e. The van der Waals surface area contributed by atoms with Gasteiger partial charge >= 0.3 is 5.97 Å². The SMILES string of the molecule is CC(C)(C)OC(=O)CN(C(=O)c1c(F)cc(F)cc1F)c1cccc(-c2cc[nH]n2)c1. The second-order valence-corrected chi connectivity index (χ2v) is 7.73. The quantitative estimate of drug-likeness (QED) is 0.605. The van der Waals surface area contributed by atoms with Gasteiger partial charge < -0.3 is 4.74 Å². The molecule has 1 amide bonds. The summed E-state index contributed by atoms with van der Waals surface area (Å²) in [6, 6.07) is 8.86. The number of amides is 1. The van der Waals surface area contributed by atoms with Gasteiger partial charge in [-0.1, -0.05) is 12.1 Å². The lowest BCUT2D eigenvalue weighted by molar-refractivity contribution is -0.152. The monoisotopic (exact) mass is 431 g/mol. The first kappa shape index (κ1) is 22.1. The Morgan fingerprint density at radius 3 is 2.32 bits per heavy atom. The van der Waals surface area contributed by atoms with Crippen molar-refractivity contribution >= 4 is 17.6 Å². The average molecular weight is 431 g/mol. The van der Waals surface area contributed by atoms with Gasteiger partial charge in [0.05, 0.1) is 5.69 Å². The van der Waals surface area contributed by atoms with Crippen LogP contribution in [-0.2, 0) is 9.53 Å². The fraction of sp³-hybridized carbons (Fsp3) is 0.227. The van der Waals surface area contributed by atoms with Gasteiger partial charge in [0.25, 0.3) is 5.91 Å². The number of anilines is 1. The van der Waals surface area contributed by atoms with Crippen LogP contribution in [0, 0.1) is 17.5 Å². The van der Waals surface area contributed by atoms with Gasteiger partial charge in [0.1, 0.15) is 35.2 Å². The third kappa shape index (κ3) is 5.30. The topological polar surface area (TPSA) is 75.3 Å². The number of aromatic amines is 1. The number of ether oxygens (including phenoxy) is 1. The van der Waals surface area contributed by atoms with E-state index in [2.05, 4.69) is 10.2 Å². The molecule has 0 unspecified atom stereocenters. The molecule has 0 aliphatic rings. The van der Waals surface area contributed by atoms with Gasteiger partial charge in [0.2, 0.25) is 0 Å². The molecular formula is C22H20F3N3O3. The van der Waals surface area contributed by atoms with E-state index in [4.69, 9.17) is 4.74 Å². The van der Waals surface area contributed by atoms with Crippen molar-refractivity contribution in [3.8, 4) is 11.3 Å². The summed E-state index contributed by atoms with van der Waals surface area (Å²) in [4.78, 5) is 26.4. The molecule has 6 nitrogen and oxygen atoms in total. The number of esters is 1. The molecular weight excluding hydrogens is 411 g/mol. The molecule has 0 radical (unpaired) electrons. The standard InChI is InChI=1S/C22H20F3N3O3/c1-22(2,3)31-19(29)12-28(21(30)20-16(24)10-14(23)11-17(20)25)15-6-4-5-13(9-15)18-7-8-26-27-18/h4-11H,12H2,1-3H3,(H,26,27). The van der Waals surface area contributed by atoms with Crippen LogP contribution in [-0.4, -0.2) is 34.2 Å². The minimum atomic E-state index is -1.37. The van der Waals surface area contributed by atoms with Gasteiger partial charge in [0.15, 0.2) is 0 Å². The van der Waals surface area contributed by atoms with E-state index in [0.29, 0.717) is 23.4 Å². The van der Waals surface area contributed by atoms with Gasteiger partial charge in [-0.3, -0.25) is 19.6 Å². The highest BCUT2D eigenvalue weighted by Gasteiger charge is 2.29. The Balaban J connectivity index is 2.05. The van der Waals surface area contributed by atoms with E-state index in [-0.39, 0.29) is 5.69 Å². The van der Waals surface area contributed by atoms with Crippen LogP contribution in [0.4, 0.5) is 18.9 Å². The summed E-state index contributed by atoms with van der Waals surface area (Å²) in [5, 5.41) is 6.72.